The Hall–Kier alpha value is -5.45. The normalized spacial score (nSPS) is 10.8. The highest BCUT2D eigenvalue weighted by molar-refractivity contribution is 6.05. The van der Waals surface area contributed by atoms with Crippen LogP contribution in [0.4, 0.5) is 11.4 Å². The molecule has 0 heterocycles. The van der Waals surface area contributed by atoms with Crippen molar-refractivity contribution in [3.8, 4) is 5.75 Å². The number of hydrazone groups is 1. The molecule has 1 amide bonds. The van der Waals surface area contributed by atoms with E-state index in [1.807, 2.05) is 18.2 Å². The van der Waals surface area contributed by atoms with E-state index in [1.165, 1.54) is 36.4 Å². The molecule has 0 aliphatic carbocycles. The van der Waals surface area contributed by atoms with Crippen molar-refractivity contribution in [2.24, 2.45) is 5.10 Å². The molecule has 178 valence electrons. The standard InChI is InChI=1S/C25H16N4O7/c30-24(20-9-3-4-11-21(20)28(32)33)27-26-15-16-12-13-23(22(14-16)29(34)35)36-25(31)19-10-5-7-17-6-1-2-8-18(17)19/h1-15H,(H,27,30)/b26-15-. The van der Waals surface area contributed by atoms with E-state index in [9.17, 15) is 29.8 Å². The van der Waals surface area contributed by atoms with Gasteiger partial charge in [0.25, 0.3) is 11.6 Å². The highest BCUT2D eigenvalue weighted by Gasteiger charge is 2.21. The molecule has 0 radical (unpaired) electrons. The Bertz CT molecular complexity index is 1540. The van der Waals surface area contributed by atoms with Crippen molar-refractivity contribution in [2.75, 3.05) is 0 Å². The summed E-state index contributed by atoms with van der Waals surface area (Å²) < 4.78 is 5.33. The van der Waals surface area contributed by atoms with E-state index in [1.54, 1.807) is 24.3 Å². The molecule has 4 aromatic rings. The summed E-state index contributed by atoms with van der Waals surface area (Å²) >= 11 is 0. The van der Waals surface area contributed by atoms with Crippen LogP contribution in [0.3, 0.4) is 0 Å². The second kappa shape index (κ2) is 10.2. The van der Waals surface area contributed by atoms with Crippen LogP contribution in [0.1, 0.15) is 26.3 Å². The molecule has 0 aliphatic heterocycles. The largest absolute Gasteiger partial charge is 0.416 e. The van der Waals surface area contributed by atoms with Gasteiger partial charge in [-0.25, -0.2) is 10.2 Å². The van der Waals surface area contributed by atoms with E-state index >= 15 is 0 Å². The molecular formula is C25H16N4O7. The maximum atomic E-state index is 12.8. The predicted molar refractivity (Wildman–Crippen MR) is 130 cm³/mol. The number of nitro benzene ring substituents is 2. The lowest BCUT2D eigenvalue weighted by Gasteiger charge is -2.08. The highest BCUT2D eigenvalue weighted by Crippen LogP contribution is 2.29. The Morgan fingerprint density at radius 3 is 2.25 bits per heavy atom. The lowest BCUT2D eigenvalue weighted by Crippen LogP contribution is -2.19. The lowest BCUT2D eigenvalue weighted by atomic mass is 10.0. The summed E-state index contributed by atoms with van der Waals surface area (Å²) in [7, 11) is 0. The minimum Gasteiger partial charge on any atom is -0.416 e. The summed E-state index contributed by atoms with van der Waals surface area (Å²) in [5.74, 6) is -1.85. The van der Waals surface area contributed by atoms with Gasteiger partial charge >= 0.3 is 11.7 Å². The molecular weight excluding hydrogens is 468 g/mol. The van der Waals surface area contributed by atoms with E-state index in [-0.39, 0.29) is 22.4 Å². The van der Waals surface area contributed by atoms with Crippen LogP contribution in [0.25, 0.3) is 10.8 Å². The maximum Gasteiger partial charge on any atom is 0.344 e. The Kier molecular flexibility index (Phi) is 6.73. The fourth-order valence-corrected chi connectivity index (χ4v) is 3.45. The first-order chi connectivity index (χ1) is 17.3. The third kappa shape index (κ3) is 5.04. The second-order valence-electron chi connectivity index (χ2n) is 7.37. The van der Waals surface area contributed by atoms with Gasteiger partial charge in [0.15, 0.2) is 0 Å². The van der Waals surface area contributed by atoms with Crippen molar-refractivity contribution >= 4 is 40.2 Å². The Balaban J connectivity index is 1.53. The van der Waals surface area contributed by atoms with Gasteiger partial charge in [0, 0.05) is 17.7 Å². The monoisotopic (exact) mass is 484 g/mol. The van der Waals surface area contributed by atoms with Crippen molar-refractivity contribution < 1.29 is 24.2 Å². The quantitative estimate of drug-likeness (QED) is 0.132. The van der Waals surface area contributed by atoms with Crippen molar-refractivity contribution in [1.29, 1.82) is 0 Å². The number of benzene rings is 4. The van der Waals surface area contributed by atoms with Crippen molar-refractivity contribution in [3.05, 3.63) is 122 Å². The number of nitro groups is 2. The van der Waals surface area contributed by atoms with Crippen LogP contribution in [-0.4, -0.2) is 27.9 Å². The first-order valence-electron chi connectivity index (χ1n) is 10.4. The smallest absolute Gasteiger partial charge is 0.344 e. The number of amides is 1. The molecule has 0 fully saturated rings. The number of hydrogen-bond donors (Lipinski definition) is 1. The average molecular weight is 484 g/mol. The highest BCUT2D eigenvalue weighted by atomic mass is 16.6. The van der Waals surface area contributed by atoms with Crippen LogP contribution in [0, 0.1) is 20.2 Å². The molecule has 0 aromatic heterocycles. The zero-order valence-corrected chi connectivity index (χ0v) is 18.4. The maximum absolute atomic E-state index is 12.8. The molecule has 0 aliphatic rings. The fourth-order valence-electron chi connectivity index (χ4n) is 3.45. The molecule has 11 nitrogen and oxygen atoms in total. The number of hydrogen-bond acceptors (Lipinski definition) is 8. The molecule has 4 aromatic carbocycles. The first kappa shape index (κ1) is 23.7. The van der Waals surface area contributed by atoms with Crippen LogP contribution < -0.4 is 10.2 Å². The Morgan fingerprint density at radius 1 is 0.806 bits per heavy atom. The van der Waals surface area contributed by atoms with Gasteiger partial charge in [-0.05, 0) is 35.0 Å². The number of ether oxygens (including phenoxy) is 1. The average Bonchev–Trinajstić information content (AvgIpc) is 2.88. The number of nitrogens with zero attached hydrogens (tertiary/aromatic N) is 3. The summed E-state index contributed by atoms with van der Waals surface area (Å²) in [4.78, 5) is 46.3. The SMILES string of the molecule is O=C(N/N=C\c1ccc(OC(=O)c2cccc3ccccc23)c([N+](=O)[O-])c1)c1ccccc1[N+](=O)[O-]. The van der Waals surface area contributed by atoms with Crippen molar-refractivity contribution in [3.63, 3.8) is 0 Å². The van der Waals surface area contributed by atoms with Gasteiger partial charge in [0.1, 0.15) is 5.56 Å². The molecule has 0 bridgehead atoms. The van der Waals surface area contributed by atoms with Crippen LogP contribution in [-0.2, 0) is 0 Å². The third-order valence-electron chi connectivity index (χ3n) is 5.12. The van der Waals surface area contributed by atoms with Crippen molar-refractivity contribution in [1.82, 2.24) is 5.43 Å². The van der Waals surface area contributed by atoms with Gasteiger partial charge in [-0.2, -0.15) is 5.10 Å². The van der Waals surface area contributed by atoms with Gasteiger partial charge in [-0.1, -0.05) is 48.5 Å². The molecule has 0 atom stereocenters. The number of para-hydroxylation sites is 1. The molecule has 1 N–H and O–H groups in total. The zero-order valence-electron chi connectivity index (χ0n) is 18.4. The number of nitrogens with one attached hydrogen (secondary N) is 1. The van der Waals surface area contributed by atoms with Gasteiger partial charge in [-0.15, -0.1) is 0 Å². The molecule has 36 heavy (non-hydrogen) atoms. The minimum absolute atomic E-state index is 0.193. The molecule has 0 saturated heterocycles. The number of carbonyl (C=O) groups is 2. The number of esters is 1. The third-order valence-corrected chi connectivity index (χ3v) is 5.12. The van der Waals surface area contributed by atoms with E-state index in [0.29, 0.717) is 5.39 Å². The lowest BCUT2D eigenvalue weighted by molar-refractivity contribution is -0.385. The number of fused-ring (bicyclic) bond motifs is 1. The molecule has 0 spiro atoms. The van der Waals surface area contributed by atoms with Crippen LogP contribution >= 0.6 is 0 Å². The van der Waals surface area contributed by atoms with Crippen LogP contribution in [0.2, 0.25) is 0 Å². The Labute approximate surface area is 202 Å². The van der Waals surface area contributed by atoms with Crippen LogP contribution in [0.5, 0.6) is 5.75 Å². The van der Waals surface area contributed by atoms with Gasteiger partial charge in [0.2, 0.25) is 5.75 Å². The first-order valence-corrected chi connectivity index (χ1v) is 10.4. The summed E-state index contributed by atoms with van der Waals surface area (Å²) in [5, 5.41) is 27.9. The topological polar surface area (TPSA) is 154 Å². The van der Waals surface area contributed by atoms with E-state index in [4.69, 9.17) is 4.74 Å². The molecule has 0 unspecified atom stereocenters. The van der Waals surface area contributed by atoms with E-state index in [0.717, 1.165) is 17.7 Å². The molecule has 11 heteroatoms. The minimum atomic E-state index is -0.825. The summed E-state index contributed by atoms with van der Waals surface area (Å²) in [6.07, 6.45) is 1.12. The second-order valence-corrected chi connectivity index (χ2v) is 7.37. The summed E-state index contributed by atoms with van der Waals surface area (Å²) in [5.41, 5.74) is 1.55. The molecule has 0 saturated carbocycles. The van der Waals surface area contributed by atoms with Gasteiger partial charge in [-0.3, -0.25) is 25.0 Å². The van der Waals surface area contributed by atoms with E-state index < -0.39 is 33.1 Å². The number of carbonyl (C=O) groups excluding carboxylic acids is 2. The summed E-state index contributed by atoms with van der Waals surface area (Å²) in [6.45, 7) is 0. The van der Waals surface area contributed by atoms with E-state index in [2.05, 4.69) is 10.5 Å². The fraction of sp³-hybridized carbons (Fsp3) is 0. The van der Waals surface area contributed by atoms with Gasteiger partial charge < -0.3 is 4.74 Å². The summed E-state index contributed by atoms with van der Waals surface area (Å²) in [6, 6.07) is 21.4. The van der Waals surface area contributed by atoms with Gasteiger partial charge in [0.05, 0.1) is 21.6 Å². The molecule has 4 rings (SSSR count). The zero-order chi connectivity index (χ0) is 25.7. The van der Waals surface area contributed by atoms with Crippen molar-refractivity contribution in [2.45, 2.75) is 0 Å². The predicted octanol–water partition coefficient (Wildman–Crippen LogP) is 4.64. The Morgan fingerprint density at radius 2 is 1.47 bits per heavy atom. The van der Waals surface area contributed by atoms with Crippen LogP contribution in [0.15, 0.2) is 90.0 Å². The number of rotatable bonds is 7.